The Morgan fingerprint density at radius 1 is 1.27 bits per heavy atom. The van der Waals surface area contributed by atoms with Gasteiger partial charge in [0, 0.05) is 25.7 Å². The highest BCUT2D eigenvalue weighted by atomic mass is 16.5. The summed E-state index contributed by atoms with van der Waals surface area (Å²) in [4.78, 5) is 6.98. The van der Waals surface area contributed by atoms with Crippen LogP contribution in [0.25, 0.3) is 0 Å². The topological polar surface area (TPSA) is 65.7 Å². The van der Waals surface area contributed by atoms with E-state index < -0.39 is 0 Å². The van der Waals surface area contributed by atoms with E-state index in [4.69, 9.17) is 4.52 Å². The highest BCUT2D eigenvalue weighted by molar-refractivity contribution is 5.79. The quantitative estimate of drug-likeness (QED) is 0.575. The number of piperidine rings is 1. The number of aromatic nitrogens is 1. The highest BCUT2D eigenvalue weighted by Crippen LogP contribution is 2.21. The molecule has 2 rings (SSSR count). The Labute approximate surface area is 158 Å². The van der Waals surface area contributed by atoms with Crippen LogP contribution in [0.1, 0.15) is 64.8 Å². The van der Waals surface area contributed by atoms with Gasteiger partial charge in [-0.1, -0.05) is 39.8 Å². The van der Waals surface area contributed by atoms with Crippen LogP contribution in [-0.2, 0) is 6.54 Å². The molecule has 0 spiro atoms. The second-order valence-electron chi connectivity index (χ2n) is 8.21. The Morgan fingerprint density at radius 3 is 2.50 bits per heavy atom. The largest absolute Gasteiger partial charge is 0.359 e. The van der Waals surface area contributed by atoms with Gasteiger partial charge in [0.15, 0.2) is 11.7 Å². The molecule has 1 fully saturated rings. The zero-order chi connectivity index (χ0) is 19.1. The number of likely N-dealkylation sites (tertiary alicyclic amines) is 1. The summed E-state index contributed by atoms with van der Waals surface area (Å²) in [5, 5.41) is 10.9. The van der Waals surface area contributed by atoms with Gasteiger partial charge < -0.3 is 15.2 Å². The maximum atomic E-state index is 5.39. The number of hydrogen-bond donors (Lipinski definition) is 2. The Balaban J connectivity index is 1.83. The minimum atomic E-state index is 0.379. The minimum Gasteiger partial charge on any atom is -0.359 e. The lowest BCUT2D eigenvalue weighted by Gasteiger charge is -2.39. The van der Waals surface area contributed by atoms with Crippen LogP contribution in [0.3, 0.4) is 0 Å². The zero-order valence-corrected chi connectivity index (χ0v) is 17.4. The van der Waals surface area contributed by atoms with Gasteiger partial charge in [0.05, 0.1) is 12.2 Å². The van der Waals surface area contributed by atoms with E-state index in [0.29, 0.717) is 24.4 Å². The van der Waals surface area contributed by atoms with E-state index in [9.17, 15) is 0 Å². The SMILES string of the molecule is CN=C(NCc1cc(C(C)C)no1)NCC(C(C)C)N1CCC(C)CC1. The molecule has 0 amide bonds. The van der Waals surface area contributed by atoms with E-state index >= 15 is 0 Å². The predicted molar refractivity (Wildman–Crippen MR) is 107 cm³/mol. The van der Waals surface area contributed by atoms with Crippen LogP contribution in [-0.4, -0.2) is 48.7 Å². The number of guanidine groups is 1. The lowest BCUT2D eigenvalue weighted by Crippen LogP contribution is -2.51. The third kappa shape index (κ3) is 6.01. The van der Waals surface area contributed by atoms with Crippen molar-refractivity contribution in [2.75, 3.05) is 26.7 Å². The molecule has 0 saturated carbocycles. The van der Waals surface area contributed by atoms with E-state index in [0.717, 1.165) is 29.9 Å². The van der Waals surface area contributed by atoms with Crippen molar-refractivity contribution >= 4 is 5.96 Å². The Morgan fingerprint density at radius 2 is 1.96 bits per heavy atom. The molecule has 1 aromatic heterocycles. The van der Waals surface area contributed by atoms with Crippen LogP contribution in [0, 0.1) is 11.8 Å². The summed E-state index contributed by atoms with van der Waals surface area (Å²) in [6.45, 7) is 15.1. The number of aliphatic imine (C=N–C) groups is 1. The van der Waals surface area contributed by atoms with Crippen molar-refractivity contribution in [2.45, 2.75) is 66.0 Å². The first-order chi connectivity index (χ1) is 12.4. The maximum Gasteiger partial charge on any atom is 0.191 e. The van der Waals surface area contributed by atoms with Gasteiger partial charge >= 0.3 is 0 Å². The molecule has 1 aromatic rings. The summed E-state index contributed by atoms with van der Waals surface area (Å²) >= 11 is 0. The minimum absolute atomic E-state index is 0.379. The fourth-order valence-electron chi connectivity index (χ4n) is 3.42. The third-order valence-electron chi connectivity index (χ3n) is 5.36. The normalized spacial score (nSPS) is 18.5. The first kappa shape index (κ1) is 20.7. The molecule has 0 radical (unpaired) electrons. The van der Waals surface area contributed by atoms with Gasteiger partial charge in [0.1, 0.15) is 0 Å². The fourth-order valence-corrected chi connectivity index (χ4v) is 3.42. The van der Waals surface area contributed by atoms with Crippen molar-refractivity contribution in [3.63, 3.8) is 0 Å². The van der Waals surface area contributed by atoms with E-state index in [1.165, 1.54) is 25.9 Å². The summed E-state index contributed by atoms with van der Waals surface area (Å²) in [5.74, 6) is 3.49. The van der Waals surface area contributed by atoms with Gasteiger partial charge in [0.2, 0.25) is 0 Å². The monoisotopic (exact) mass is 363 g/mol. The molecule has 1 aliphatic rings. The van der Waals surface area contributed by atoms with E-state index in [1.807, 2.05) is 13.1 Å². The van der Waals surface area contributed by atoms with Crippen molar-refractivity contribution in [1.29, 1.82) is 0 Å². The zero-order valence-electron chi connectivity index (χ0n) is 17.4. The second-order valence-corrected chi connectivity index (χ2v) is 8.21. The lowest BCUT2D eigenvalue weighted by atomic mass is 9.94. The van der Waals surface area contributed by atoms with E-state index in [-0.39, 0.29) is 0 Å². The summed E-state index contributed by atoms with van der Waals surface area (Å²) in [6, 6.07) is 2.54. The molecule has 26 heavy (non-hydrogen) atoms. The van der Waals surface area contributed by atoms with Crippen LogP contribution in [0.2, 0.25) is 0 Å². The molecular formula is C20H37N5O. The first-order valence-electron chi connectivity index (χ1n) is 10.0. The van der Waals surface area contributed by atoms with Crippen LogP contribution < -0.4 is 10.6 Å². The van der Waals surface area contributed by atoms with Crippen LogP contribution in [0.4, 0.5) is 0 Å². The standard InChI is InChI=1S/C20H37N5O/c1-14(2)18-11-17(26-24-18)12-22-20(21-6)23-13-19(15(3)4)25-9-7-16(5)8-10-25/h11,14-16,19H,7-10,12-13H2,1-6H3,(H2,21,22,23). The average Bonchev–Trinajstić information content (AvgIpc) is 3.08. The van der Waals surface area contributed by atoms with Gasteiger partial charge in [-0.3, -0.25) is 9.89 Å². The third-order valence-corrected chi connectivity index (χ3v) is 5.36. The predicted octanol–water partition coefficient (Wildman–Crippen LogP) is 3.22. The van der Waals surface area contributed by atoms with Crippen molar-refractivity contribution in [3.05, 3.63) is 17.5 Å². The van der Waals surface area contributed by atoms with Crippen molar-refractivity contribution < 1.29 is 4.52 Å². The lowest BCUT2D eigenvalue weighted by molar-refractivity contribution is 0.110. The van der Waals surface area contributed by atoms with Crippen LogP contribution in [0.5, 0.6) is 0 Å². The summed E-state index contributed by atoms with van der Waals surface area (Å²) < 4.78 is 5.39. The Kier molecular flexibility index (Phi) is 7.94. The number of rotatable bonds is 7. The van der Waals surface area contributed by atoms with E-state index in [2.05, 4.69) is 60.3 Å². The number of nitrogens with one attached hydrogen (secondary N) is 2. The summed E-state index contributed by atoms with van der Waals surface area (Å²) in [7, 11) is 1.81. The van der Waals surface area contributed by atoms with Gasteiger partial charge in [-0.25, -0.2) is 0 Å². The molecule has 2 heterocycles. The van der Waals surface area contributed by atoms with Crippen molar-refractivity contribution in [3.8, 4) is 0 Å². The summed E-state index contributed by atoms with van der Waals surface area (Å²) in [5.41, 5.74) is 0.990. The molecule has 0 aliphatic carbocycles. The summed E-state index contributed by atoms with van der Waals surface area (Å²) in [6.07, 6.45) is 2.61. The molecule has 1 saturated heterocycles. The molecular weight excluding hydrogens is 326 g/mol. The molecule has 1 atom stereocenters. The molecule has 0 aromatic carbocycles. The molecule has 148 valence electrons. The first-order valence-corrected chi connectivity index (χ1v) is 10.0. The second kappa shape index (κ2) is 9.95. The van der Waals surface area contributed by atoms with Gasteiger partial charge in [-0.15, -0.1) is 0 Å². The Hall–Kier alpha value is -1.56. The fraction of sp³-hybridized carbons (Fsp3) is 0.800. The molecule has 0 bridgehead atoms. The Bertz CT molecular complexity index is 558. The molecule has 1 aliphatic heterocycles. The smallest absolute Gasteiger partial charge is 0.191 e. The molecule has 6 nitrogen and oxygen atoms in total. The van der Waals surface area contributed by atoms with Crippen molar-refractivity contribution in [2.24, 2.45) is 16.8 Å². The van der Waals surface area contributed by atoms with Crippen molar-refractivity contribution in [1.82, 2.24) is 20.7 Å². The van der Waals surface area contributed by atoms with Gasteiger partial charge in [-0.2, -0.15) is 0 Å². The van der Waals surface area contributed by atoms with Gasteiger partial charge in [-0.05, 0) is 43.7 Å². The molecule has 1 unspecified atom stereocenters. The molecule has 6 heteroatoms. The van der Waals surface area contributed by atoms with Crippen LogP contribution in [0.15, 0.2) is 15.6 Å². The molecule has 2 N–H and O–H groups in total. The number of hydrogen-bond acceptors (Lipinski definition) is 4. The van der Waals surface area contributed by atoms with Crippen LogP contribution >= 0.6 is 0 Å². The van der Waals surface area contributed by atoms with E-state index in [1.54, 1.807) is 0 Å². The average molecular weight is 364 g/mol. The highest BCUT2D eigenvalue weighted by Gasteiger charge is 2.25. The number of nitrogens with zero attached hydrogens (tertiary/aromatic N) is 3. The maximum absolute atomic E-state index is 5.39. The van der Waals surface area contributed by atoms with Gasteiger partial charge in [0.25, 0.3) is 0 Å².